The lowest BCUT2D eigenvalue weighted by Crippen LogP contribution is -2.03. The van der Waals surface area contributed by atoms with E-state index in [-0.39, 0.29) is 0 Å². The first-order valence-electron chi connectivity index (χ1n) is 10.5. The molecule has 1 heterocycles. The standard InChI is InChI=1S/C26H30O4/c1-7-29-26-21(16(4)5)12-19(15(2)3)13-22(26)20-10-8-9-18-14-23(30-25(18)20)17(6)11-24(27)28/h8-16H,7H2,1-6H3,(H,27,28)/b17-11-. The number of carboxylic acid groups (broad SMARTS) is 1. The second kappa shape index (κ2) is 8.78. The number of allylic oxidation sites excluding steroid dienone is 1. The van der Waals surface area contributed by atoms with Gasteiger partial charge in [0.15, 0.2) is 0 Å². The van der Waals surface area contributed by atoms with Gasteiger partial charge in [-0.25, -0.2) is 4.79 Å². The van der Waals surface area contributed by atoms with Gasteiger partial charge in [-0.05, 0) is 54.5 Å². The van der Waals surface area contributed by atoms with Gasteiger partial charge in [0.25, 0.3) is 0 Å². The van der Waals surface area contributed by atoms with Gasteiger partial charge in [-0.15, -0.1) is 0 Å². The minimum atomic E-state index is -0.988. The van der Waals surface area contributed by atoms with Crippen LogP contribution in [0.4, 0.5) is 0 Å². The van der Waals surface area contributed by atoms with E-state index in [4.69, 9.17) is 14.3 Å². The molecule has 4 nitrogen and oxygen atoms in total. The quantitative estimate of drug-likeness (QED) is 0.420. The van der Waals surface area contributed by atoms with Crippen LogP contribution in [0.15, 0.2) is 46.9 Å². The van der Waals surface area contributed by atoms with Crippen LogP contribution >= 0.6 is 0 Å². The van der Waals surface area contributed by atoms with Crippen LogP contribution < -0.4 is 4.74 Å². The number of aliphatic carboxylic acids is 1. The first kappa shape index (κ1) is 21.7. The summed E-state index contributed by atoms with van der Waals surface area (Å²) in [6, 6.07) is 12.4. The molecule has 1 N–H and O–H groups in total. The minimum absolute atomic E-state index is 0.316. The van der Waals surface area contributed by atoms with Crippen molar-refractivity contribution in [2.45, 2.75) is 53.4 Å². The number of fused-ring (bicyclic) bond motifs is 1. The molecular formula is C26H30O4. The lowest BCUT2D eigenvalue weighted by Gasteiger charge is -2.21. The summed E-state index contributed by atoms with van der Waals surface area (Å²) in [6.45, 7) is 13.1. The Hall–Kier alpha value is -3.01. The van der Waals surface area contributed by atoms with Crippen molar-refractivity contribution in [3.8, 4) is 16.9 Å². The largest absolute Gasteiger partial charge is 0.493 e. The van der Waals surface area contributed by atoms with Crippen LogP contribution in [-0.2, 0) is 4.79 Å². The first-order chi connectivity index (χ1) is 14.2. The van der Waals surface area contributed by atoms with Gasteiger partial charge < -0.3 is 14.3 Å². The van der Waals surface area contributed by atoms with Gasteiger partial charge >= 0.3 is 5.97 Å². The highest BCUT2D eigenvalue weighted by molar-refractivity contribution is 5.97. The maximum atomic E-state index is 11.1. The molecule has 0 unspecified atom stereocenters. The van der Waals surface area contributed by atoms with Crippen molar-refractivity contribution >= 4 is 22.5 Å². The molecule has 0 amide bonds. The normalized spacial score (nSPS) is 12.2. The molecule has 0 aliphatic rings. The maximum absolute atomic E-state index is 11.1. The third-order valence-corrected chi connectivity index (χ3v) is 5.28. The molecule has 0 bridgehead atoms. The van der Waals surface area contributed by atoms with Gasteiger partial charge in [-0.3, -0.25) is 0 Å². The van der Waals surface area contributed by atoms with E-state index < -0.39 is 5.97 Å². The van der Waals surface area contributed by atoms with Crippen LogP contribution in [0, 0.1) is 0 Å². The fourth-order valence-corrected chi connectivity index (χ4v) is 3.67. The molecule has 158 valence electrons. The summed E-state index contributed by atoms with van der Waals surface area (Å²) in [5.74, 6) is 1.15. The predicted octanol–water partition coefficient (Wildman–Crippen LogP) is 7.23. The van der Waals surface area contributed by atoms with E-state index in [1.807, 2.05) is 31.2 Å². The number of carboxylic acids is 1. The molecule has 30 heavy (non-hydrogen) atoms. The molecule has 3 rings (SSSR count). The van der Waals surface area contributed by atoms with Crippen LogP contribution in [0.25, 0.3) is 27.7 Å². The van der Waals surface area contributed by atoms with Crippen molar-refractivity contribution in [1.82, 2.24) is 0 Å². The Bertz CT molecular complexity index is 1100. The first-order valence-corrected chi connectivity index (χ1v) is 10.5. The number of hydrogen-bond acceptors (Lipinski definition) is 3. The van der Waals surface area contributed by atoms with E-state index in [0.29, 0.717) is 29.8 Å². The maximum Gasteiger partial charge on any atom is 0.328 e. The Balaban J connectivity index is 2.31. The van der Waals surface area contributed by atoms with Gasteiger partial charge in [0, 0.05) is 22.6 Å². The minimum Gasteiger partial charge on any atom is -0.493 e. The summed E-state index contributed by atoms with van der Waals surface area (Å²) in [7, 11) is 0. The van der Waals surface area contributed by atoms with Gasteiger partial charge in [-0.2, -0.15) is 0 Å². The Morgan fingerprint density at radius 3 is 2.43 bits per heavy atom. The Labute approximate surface area is 178 Å². The van der Waals surface area contributed by atoms with Crippen molar-refractivity contribution in [1.29, 1.82) is 0 Å². The zero-order valence-corrected chi connectivity index (χ0v) is 18.6. The number of benzene rings is 2. The molecule has 0 spiro atoms. The smallest absolute Gasteiger partial charge is 0.328 e. The molecule has 1 aromatic heterocycles. The van der Waals surface area contributed by atoms with Crippen LogP contribution in [0.3, 0.4) is 0 Å². The summed E-state index contributed by atoms with van der Waals surface area (Å²) in [6.07, 6.45) is 1.17. The lowest BCUT2D eigenvalue weighted by molar-refractivity contribution is -0.131. The van der Waals surface area contributed by atoms with Crippen LogP contribution in [0.5, 0.6) is 5.75 Å². The number of rotatable bonds is 7. The van der Waals surface area contributed by atoms with E-state index in [1.165, 1.54) is 17.2 Å². The van der Waals surface area contributed by atoms with Crippen LogP contribution in [0.1, 0.15) is 70.3 Å². The number of carbonyl (C=O) groups is 1. The van der Waals surface area contributed by atoms with Crippen molar-refractivity contribution in [2.75, 3.05) is 6.61 Å². The van der Waals surface area contributed by atoms with E-state index >= 15 is 0 Å². The summed E-state index contributed by atoms with van der Waals surface area (Å²) in [5, 5.41) is 10.0. The molecule has 0 radical (unpaired) electrons. The van der Waals surface area contributed by atoms with Gasteiger partial charge in [-0.1, -0.05) is 52.0 Å². The fraction of sp³-hybridized carbons (Fsp3) is 0.346. The van der Waals surface area contributed by atoms with Crippen molar-refractivity contribution in [3.63, 3.8) is 0 Å². The molecular weight excluding hydrogens is 376 g/mol. The topological polar surface area (TPSA) is 59.7 Å². The summed E-state index contributed by atoms with van der Waals surface area (Å²) in [5.41, 5.74) is 5.72. The zero-order valence-electron chi connectivity index (χ0n) is 18.6. The Morgan fingerprint density at radius 1 is 1.10 bits per heavy atom. The molecule has 0 fully saturated rings. The lowest BCUT2D eigenvalue weighted by atomic mass is 9.89. The number of hydrogen-bond donors (Lipinski definition) is 1. The van der Waals surface area contributed by atoms with Gasteiger partial charge in [0.05, 0.1) is 6.61 Å². The molecule has 0 aliphatic heterocycles. The van der Waals surface area contributed by atoms with Crippen LogP contribution in [0.2, 0.25) is 0 Å². The third-order valence-electron chi connectivity index (χ3n) is 5.28. The Kier molecular flexibility index (Phi) is 6.35. The molecule has 0 saturated heterocycles. The van der Waals surface area contributed by atoms with E-state index in [0.717, 1.165) is 27.8 Å². The second-order valence-electron chi connectivity index (χ2n) is 8.23. The third kappa shape index (κ3) is 4.28. The molecule has 3 aromatic rings. The van der Waals surface area contributed by atoms with Gasteiger partial charge in [0.1, 0.15) is 17.1 Å². The van der Waals surface area contributed by atoms with E-state index in [9.17, 15) is 4.79 Å². The summed E-state index contributed by atoms with van der Waals surface area (Å²) in [4.78, 5) is 11.1. The van der Waals surface area contributed by atoms with Crippen molar-refractivity contribution < 1.29 is 19.1 Å². The van der Waals surface area contributed by atoms with Gasteiger partial charge in [0.2, 0.25) is 0 Å². The van der Waals surface area contributed by atoms with Crippen molar-refractivity contribution in [2.24, 2.45) is 0 Å². The van der Waals surface area contributed by atoms with E-state index in [1.54, 1.807) is 6.92 Å². The number of ether oxygens (including phenoxy) is 1. The van der Waals surface area contributed by atoms with Crippen molar-refractivity contribution in [3.05, 3.63) is 59.4 Å². The summed E-state index contributed by atoms with van der Waals surface area (Å²) >= 11 is 0. The molecule has 4 heteroatoms. The summed E-state index contributed by atoms with van der Waals surface area (Å²) < 4.78 is 12.3. The molecule has 0 saturated carbocycles. The fourth-order valence-electron chi connectivity index (χ4n) is 3.67. The molecule has 2 aromatic carbocycles. The highest BCUT2D eigenvalue weighted by atomic mass is 16.5. The zero-order chi connectivity index (χ0) is 22.0. The monoisotopic (exact) mass is 406 g/mol. The molecule has 0 aliphatic carbocycles. The number of furan rings is 1. The predicted molar refractivity (Wildman–Crippen MR) is 122 cm³/mol. The molecule has 0 atom stereocenters. The Morgan fingerprint density at radius 2 is 1.83 bits per heavy atom. The second-order valence-corrected chi connectivity index (χ2v) is 8.23. The van der Waals surface area contributed by atoms with Crippen LogP contribution in [-0.4, -0.2) is 17.7 Å². The van der Waals surface area contributed by atoms with E-state index in [2.05, 4.69) is 39.8 Å². The average Bonchev–Trinajstić information content (AvgIpc) is 3.12. The highest BCUT2D eigenvalue weighted by Gasteiger charge is 2.20. The SMILES string of the molecule is CCOc1c(-c2cccc3cc(/C(C)=C\C(=O)O)oc23)cc(C(C)C)cc1C(C)C. The highest BCUT2D eigenvalue weighted by Crippen LogP contribution is 2.43. The number of para-hydroxylation sites is 1. The average molecular weight is 407 g/mol.